The van der Waals surface area contributed by atoms with Crippen LogP contribution in [0.25, 0.3) is 21.9 Å². The predicted molar refractivity (Wildman–Crippen MR) is 63.7 cm³/mol. The Morgan fingerprint density at radius 2 is 1.20 bits per heavy atom. The Morgan fingerprint density at radius 1 is 0.733 bits per heavy atom. The summed E-state index contributed by atoms with van der Waals surface area (Å²) in [4.78, 5) is 0. The molecule has 0 amide bonds. The molecular formula is C12H6Cl2O. The van der Waals surface area contributed by atoms with E-state index >= 15 is 0 Å². The zero-order valence-electron chi connectivity index (χ0n) is 7.63. The van der Waals surface area contributed by atoms with Crippen LogP contribution < -0.4 is 0 Å². The Morgan fingerprint density at radius 3 is 1.67 bits per heavy atom. The van der Waals surface area contributed by atoms with E-state index in [1.54, 1.807) is 12.1 Å². The highest BCUT2D eigenvalue weighted by Crippen LogP contribution is 2.35. The largest absolute Gasteiger partial charge is 0.453 e. The third-order valence-corrected chi connectivity index (χ3v) is 3.02. The van der Waals surface area contributed by atoms with Crippen molar-refractivity contribution in [1.29, 1.82) is 0 Å². The van der Waals surface area contributed by atoms with E-state index in [2.05, 4.69) is 0 Å². The second kappa shape index (κ2) is 3.16. The molecule has 0 fully saturated rings. The van der Waals surface area contributed by atoms with Crippen molar-refractivity contribution in [3.8, 4) is 0 Å². The van der Waals surface area contributed by atoms with Crippen LogP contribution in [0.2, 0.25) is 10.0 Å². The van der Waals surface area contributed by atoms with Crippen LogP contribution in [-0.4, -0.2) is 0 Å². The van der Waals surface area contributed by atoms with Crippen molar-refractivity contribution in [1.82, 2.24) is 0 Å². The number of hydrogen-bond acceptors (Lipinski definition) is 1. The molecule has 3 aromatic rings. The second-order valence-electron chi connectivity index (χ2n) is 3.34. The van der Waals surface area contributed by atoms with E-state index < -0.39 is 0 Å². The molecule has 0 atom stereocenters. The van der Waals surface area contributed by atoms with Gasteiger partial charge in [-0.05, 0) is 12.1 Å². The van der Waals surface area contributed by atoms with Crippen molar-refractivity contribution in [3.63, 3.8) is 0 Å². The van der Waals surface area contributed by atoms with Gasteiger partial charge in [0.2, 0.25) is 0 Å². The monoisotopic (exact) mass is 236 g/mol. The normalized spacial score (nSPS) is 11.3. The summed E-state index contributed by atoms with van der Waals surface area (Å²) in [6.45, 7) is 0. The molecular weight excluding hydrogens is 231 g/mol. The van der Waals surface area contributed by atoms with Crippen LogP contribution in [-0.2, 0) is 0 Å². The maximum atomic E-state index is 6.04. The van der Waals surface area contributed by atoms with Crippen molar-refractivity contribution in [2.45, 2.75) is 0 Å². The lowest BCUT2D eigenvalue weighted by atomic mass is 10.1. The molecule has 1 aromatic heterocycles. The molecule has 1 heterocycles. The summed E-state index contributed by atoms with van der Waals surface area (Å²) in [5.41, 5.74) is 1.39. The summed E-state index contributed by atoms with van der Waals surface area (Å²) < 4.78 is 5.65. The van der Waals surface area contributed by atoms with E-state index in [-0.39, 0.29) is 0 Å². The lowest BCUT2D eigenvalue weighted by Crippen LogP contribution is -1.67. The topological polar surface area (TPSA) is 13.1 Å². The second-order valence-corrected chi connectivity index (χ2v) is 4.15. The van der Waals surface area contributed by atoms with E-state index in [0.717, 1.165) is 10.8 Å². The first-order valence-electron chi connectivity index (χ1n) is 4.52. The van der Waals surface area contributed by atoms with E-state index in [1.807, 2.05) is 24.3 Å². The van der Waals surface area contributed by atoms with Gasteiger partial charge in [0.05, 0.1) is 10.0 Å². The minimum atomic E-state index is 0.611. The van der Waals surface area contributed by atoms with Crippen molar-refractivity contribution >= 4 is 45.1 Å². The summed E-state index contributed by atoms with van der Waals surface area (Å²) in [5, 5.41) is 3.22. The Bertz CT molecular complexity index is 599. The van der Waals surface area contributed by atoms with Crippen LogP contribution in [0.15, 0.2) is 40.8 Å². The van der Waals surface area contributed by atoms with Crippen LogP contribution in [0.1, 0.15) is 0 Å². The Hall–Kier alpha value is -1.18. The highest BCUT2D eigenvalue weighted by Gasteiger charge is 2.10. The molecule has 2 aromatic carbocycles. The molecule has 0 bridgehead atoms. The zero-order chi connectivity index (χ0) is 10.4. The number of benzene rings is 2. The first-order chi connectivity index (χ1) is 7.27. The van der Waals surface area contributed by atoms with Gasteiger partial charge in [0.25, 0.3) is 0 Å². The van der Waals surface area contributed by atoms with Crippen LogP contribution in [0, 0.1) is 0 Å². The number of halogens is 2. The fraction of sp³-hybridized carbons (Fsp3) is 0. The summed E-state index contributed by atoms with van der Waals surface area (Å²) in [7, 11) is 0. The van der Waals surface area contributed by atoms with Crippen molar-refractivity contribution < 1.29 is 4.42 Å². The summed E-state index contributed by atoms with van der Waals surface area (Å²) in [6.07, 6.45) is 0. The summed E-state index contributed by atoms with van der Waals surface area (Å²) in [5.74, 6) is 0. The van der Waals surface area contributed by atoms with Gasteiger partial charge in [-0.2, -0.15) is 0 Å². The molecule has 3 heteroatoms. The van der Waals surface area contributed by atoms with E-state index in [1.165, 1.54) is 0 Å². The average Bonchev–Trinajstić information content (AvgIpc) is 2.60. The molecule has 0 spiro atoms. The van der Waals surface area contributed by atoms with E-state index in [4.69, 9.17) is 27.6 Å². The summed E-state index contributed by atoms with van der Waals surface area (Å²) in [6, 6.07) is 11.4. The molecule has 0 aliphatic rings. The van der Waals surface area contributed by atoms with Crippen LogP contribution in [0.5, 0.6) is 0 Å². The van der Waals surface area contributed by atoms with Gasteiger partial charge in [-0.15, -0.1) is 0 Å². The zero-order valence-corrected chi connectivity index (χ0v) is 9.14. The van der Waals surface area contributed by atoms with Crippen molar-refractivity contribution in [3.05, 3.63) is 46.4 Å². The maximum absolute atomic E-state index is 6.04. The van der Waals surface area contributed by atoms with E-state index in [0.29, 0.717) is 21.2 Å². The fourth-order valence-electron chi connectivity index (χ4n) is 1.75. The average molecular weight is 237 g/mol. The maximum Gasteiger partial charge on any atom is 0.154 e. The Balaban J connectivity index is 2.63. The smallest absolute Gasteiger partial charge is 0.154 e. The van der Waals surface area contributed by atoms with E-state index in [9.17, 15) is 0 Å². The van der Waals surface area contributed by atoms with Gasteiger partial charge in [-0.1, -0.05) is 47.5 Å². The number of furan rings is 1. The number of para-hydroxylation sites is 2. The highest BCUT2D eigenvalue weighted by molar-refractivity contribution is 6.38. The van der Waals surface area contributed by atoms with Gasteiger partial charge in [-0.25, -0.2) is 0 Å². The molecule has 0 radical (unpaired) electrons. The first-order valence-corrected chi connectivity index (χ1v) is 5.28. The van der Waals surface area contributed by atoms with Crippen molar-refractivity contribution in [2.24, 2.45) is 0 Å². The molecule has 0 aliphatic heterocycles. The fourth-order valence-corrected chi connectivity index (χ4v) is 2.18. The standard InChI is InChI=1S/C12H6Cl2O/c13-9-5-1-3-7-8-4-2-6-10(14)12(8)15-11(7)9/h1-6H. The molecule has 15 heavy (non-hydrogen) atoms. The third-order valence-electron chi connectivity index (χ3n) is 2.43. The van der Waals surface area contributed by atoms with Crippen LogP contribution in [0.4, 0.5) is 0 Å². The van der Waals surface area contributed by atoms with Gasteiger partial charge >= 0.3 is 0 Å². The Kier molecular flexibility index (Phi) is 1.91. The summed E-state index contributed by atoms with van der Waals surface area (Å²) >= 11 is 12.1. The number of hydrogen-bond donors (Lipinski definition) is 0. The molecule has 0 unspecified atom stereocenters. The van der Waals surface area contributed by atoms with Gasteiger partial charge in [0.1, 0.15) is 0 Å². The third kappa shape index (κ3) is 1.24. The molecule has 1 nitrogen and oxygen atoms in total. The van der Waals surface area contributed by atoms with Gasteiger partial charge in [-0.3, -0.25) is 0 Å². The molecule has 74 valence electrons. The van der Waals surface area contributed by atoms with Gasteiger partial charge in [0.15, 0.2) is 11.2 Å². The molecule has 0 N–H and O–H groups in total. The quantitative estimate of drug-likeness (QED) is 0.542. The van der Waals surface area contributed by atoms with Crippen LogP contribution >= 0.6 is 23.2 Å². The minimum absolute atomic E-state index is 0.611. The Labute approximate surface area is 96.2 Å². The highest BCUT2D eigenvalue weighted by atomic mass is 35.5. The lowest BCUT2D eigenvalue weighted by molar-refractivity contribution is 0.669. The predicted octanol–water partition coefficient (Wildman–Crippen LogP) is 4.89. The minimum Gasteiger partial charge on any atom is -0.453 e. The van der Waals surface area contributed by atoms with Gasteiger partial charge < -0.3 is 4.42 Å². The number of rotatable bonds is 0. The SMILES string of the molecule is Clc1cccc2c1oc1c(Cl)cccc12. The molecule has 3 rings (SSSR count). The molecule has 0 saturated heterocycles. The van der Waals surface area contributed by atoms with Crippen molar-refractivity contribution in [2.75, 3.05) is 0 Å². The number of fused-ring (bicyclic) bond motifs is 3. The first kappa shape index (κ1) is 9.08. The van der Waals surface area contributed by atoms with Crippen LogP contribution in [0.3, 0.4) is 0 Å². The lowest BCUT2D eigenvalue weighted by Gasteiger charge is -1.90. The molecule has 0 saturated carbocycles. The van der Waals surface area contributed by atoms with Gasteiger partial charge in [0, 0.05) is 10.8 Å². The molecule has 0 aliphatic carbocycles.